The summed E-state index contributed by atoms with van der Waals surface area (Å²) in [6, 6.07) is 15.7. The van der Waals surface area contributed by atoms with Crippen molar-refractivity contribution in [1.29, 1.82) is 0 Å². The zero-order valence-corrected chi connectivity index (χ0v) is 13.5. The first-order chi connectivity index (χ1) is 11.0. The van der Waals surface area contributed by atoms with Gasteiger partial charge in [0.2, 0.25) is 5.91 Å². The minimum Gasteiger partial charge on any atom is -0.493 e. The number of aryl methyl sites for hydroxylation is 1. The van der Waals surface area contributed by atoms with Gasteiger partial charge in [-0.25, -0.2) is 8.42 Å². The molecule has 5 nitrogen and oxygen atoms in total. The first-order valence-corrected chi connectivity index (χ1v) is 9.05. The first kappa shape index (κ1) is 17.0. The fourth-order valence-corrected chi connectivity index (χ4v) is 3.10. The number of ether oxygens (including phenoxy) is 1. The monoisotopic (exact) mass is 333 g/mol. The lowest BCUT2D eigenvalue weighted by atomic mass is 10.1. The Bertz CT molecular complexity index is 740. The Kier molecular flexibility index (Phi) is 5.76. The fourth-order valence-electron chi connectivity index (χ4n) is 2.01. The van der Waals surface area contributed by atoms with Crippen LogP contribution in [0, 0.1) is 0 Å². The summed E-state index contributed by atoms with van der Waals surface area (Å²) in [5.74, 6) is 0.175. The Morgan fingerprint density at radius 1 is 0.957 bits per heavy atom. The number of benzene rings is 2. The van der Waals surface area contributed by atoms with Crippen LogP contribution in [-0.2, 0) is 16.3 Å². The molecule has 0 atom stereocenters. The number of primary amides is 1. The van der Waals surface area contributed by atoms with E-state index in [2.05, 4.69) is 0 Å². The third-order valence-corrected chi connectivity index (χ3v) is 4.96. The van der Waals surface area contributed by atoms with Crippen LogP contribution in [0.4, 0.5) is 0 Å². The number of nitrogens with two attached hydrogens (primary N) is 1. The standard InChI is InChI=1S/C17H19NO4S/c18-17(19)15-8-6-14(7-9-15)10-12-23(20,21)13-11-22-16-4-2-1-3-5-16/h1-9H,10-13H2,(H2,18,19). The van der Waals surface area contributed by atoms with Crippen LogP contribution in [0.3, 0.4) is 0 Å². The summed E-state index contributed by atoms with van der Waals surface area (Å²) in [5.41, 5.74) is 6.42. The van der Waals surface area contributed by atoms with Gasteiger partial charge in [-0.1, -0.05) is 30.3 Å². The van der Waals surface area contributed by atoms with E-state index in [1.807, 2.05) is 18.2 Å². The molecule has 0 fully saturated rings. The van der Waals surface area contributed by atoms with Gasteiger partial charge in [0, 0.05) is 5.56 Å². The van der Waals surface area contributed by atoms with Gasteiger partial charge >= 0.3 is 0 Å². The molecule has 0 aromatic heterocycles. The Morgan fingerprint density at radius 2 is 1.61 bits per heavy atom. The number of hydrogen-bond acceptors (Lipinski definition) is 4. The van der Waals surface area contributed by atoms with Crippen LogP contribution >= 0.6 is 0 Å². The summed E-state index contributed by atoms with van der Waals surface area (Å²) < 4.78 is 29.4. The normalized spacial score (nSPS) is 11.1. The van der Waals surface area contributed by atoms with Crippen LogP contribution in [0.15, 0.2) is 54.6 Å². The predicted octanol–water partition coefficient (Wildman–Crippen LogP) is 1.82. The molecule has 0 bridgehead atoms. The Labute approximate surface area is 136 Å². The van der Waals surface area contributed by atoms with Gasteiger partial charge in [0.15, 0.2) is 9.84 Å². The molecule has 0 heterocycles. The lowest BCUT2D eigenvalue weighted by Gasteiger charge is -2.07. The number of carbonyl (C=O) groups is 1. The second-order valence-corrected chi connectivity index (χ2v) is 7.43. The summed E-state index contributed by atoms with van der Waals surface area (Å²) in [7, 11) is -3.19. The van der Waals surface area contributed by atoms with Crippen LogP contribution in [0.2, 0.25) is 0 Å². The van der Waals surface area contributed by atoms with Crippen LogP contribution in [-0.4, -0.2) is 32.4 Å². The van der Waals surface area contributed by atoms with Crippen molar-refractivity contribution in [2.45, 2.75) is 6.42 Å². The van der Waals surface area contributed by atoms with E-state index in [4.69, 9.17) is 10.5 Å². The molecular weight excluding hydrogens is 314 g/mol. The predicted molar refractivity (Wildman–Crippen MR) is 89.3 cm³/mol. The molecule has 0 aliphatic heterocycles. The van der Waals surface area contributed by atoms with Crippen LogP contribution < -0.4 is 10.5 Å². The van der Waals surface area contributed by atoms with Crippen LogP contribution in [0.25, 0.3) is 0 Å². The number of hydrogen-bond donors (Lipinski definition) is 1. The fraction of sp³-hybridized carbons (Fsp3) is 0.235. The second kappa shape index (κ2) is 7.78. The molecule has 6 heteroatoms. The van der Waals surface area contributed by atoms with Crippen molar-refractivity contribution in [1.82, 2.24) is 0 Å². The molecule has 0 radical (unpaired) electrons. The molecule has 2 N–H and O–H groups in total. The minimum atomic E-state index is -3.19. The molecular formula is C17H19NO4S. The molecule has 0 aliphatic carbocycles. The van der Waals surface area contributed by atoms with Gasteiger partial charge in [0.25, 0.3) is 0 Å². The van der Waals surface area contributed by atoms with Crippen molar-refractivity contribution in [2.24, 2.45) is 5.73 Å². The number of amides is 1. The number of carbonyl (C=O) groups excluding carboxylic acids is 1. The van der Waals surface area contributed by atoms with E-state index in [9.17, 15) is 13.2 Å². The number of para-hydroxylation sites is 1. The van der Waals surface area contributed by atoms with E-state index < -0.39 is 15.7 Å². The summed E-state index contributed by atoms with van der Waals surface area (Å²) in [6.45, 7) is 0.132. The molecule has 1 amide bonds. The molecule has 0 spiro atoms. The zero-order chi connectivity index (χ0) is 16.7. The SMILES string of the molecule is NC(=O)c1ccc(CCS(=O)(=O)CCOc2ccccc2)cc1. The highest BCUT2D eigenvalue weighted by Gasteiger charge is 2.11. The average Bonchev–Trinajstić information content (AvgIpc) is 2.54. The molecule has 122 valence electrons. The van der Waals surface area contributed by atoms with Crippen molar-refractivity contribution in [2.75, 3.05) is 18.1 Å². The van der Waals surface area contributed by atoms with Gasteiger partial charge in [0.1, 0.15) is 12.4 Å². The largest absolute Gasteiger partial charge is 0.493 e. The van der Waals surface area contributed by atoms with Gasteiger partial charge < -0.3 is 10.5 Å². The van der Waals surface area contributed by atoms with Gasteiger partial charge in [-0.2, -0.15) is 0 Å². The maximum Gasteiger partial charge on any atom is 0.248 e. The van der Waals surface area contributed by atoms with Crippen molar-refractivity contribution in [3.63, 3.8) is 0 Å². The molecule has 0 aliphatic rings. The van der Waals surface area contributed by atoms with E-state index in [0.29, 0.717) is 17.7 Å². The molecule has 2 aromatic rings. The second-order valence-electron chi connectivity index (χ2n) is 5.12. The molecule has 0 unspecified atom stereocenters. The molecule has 2 rings (SSSR count). The van der Waals surface area contributed by atoms with Crippen molar-refractivity contribution >= 4 is 15.7 Å². The van der Waals surface area contributed by atoms with Crippen molar-refractivity contribution in [3.05, 3.63) is 65.7 Å². The lowest BCUT2D eigenvalue weighted by molar-refractivity contribution is 0.100. The van der Waals surface area contributed by atoms with E-state index in [-0.39, 0.29) is 18.1 Å². The highest BCUT2D eigenvalue weighted by molar-refractivity contribution is 7.91. The molecule has 2 aromatic carbocycles. The van der Waals surface area contributed by atoms with Crippen molar-refractivity contribution in [3.8, 4) is 5.75 Å². The van der Waals surface area contributed by atoms with Gasteiger partial charge in [0.05, 0.1) is 11.5 Å². The quantitative estimate of drug-likeness (QED) is 0.798. The topological polar surface area (TPSA) is 86.5 Å². The summed E-state index contributed by atoms with van der Waals surface area (Å²) >= 11 is 0. The highest BCUT2D eigenvalue weighted by Crippen LogP contribution is 2.09. The maximum atomic E-state index is 12.0. The van der Waals surface area contributed by atoms with E-state index >= 15 is 0 Å². The van der Waals surface area contributed by atoms with Gasteiger partial charge in [-0.15, -0.1) is 0 Å². The summed E-state index contributed by atoms with van der Waals surface area (Å²) in [5, 5.41) is 0. The van der Waals surface area contributed by atoms with Crippen LogP contribution in [0.5, 0.6) is 5.75 Å². The Balaban J connectivity index is 1.80. The average molecular weight is 333 g/mol. The summed E-state index contributed by atoms with van der Waals surface area (Å²) in [4.78, 5) is 11.0. The highest BCUT2D eigenvalue weighted by atomic mass is 32.2. The summed E-state index contributed by atoms with van der Waals surface area (Å²) in [6.07, 6.45) is 0.396. The van der Waals surface area contributed by atoms with E-state index in [1.54, 1.807) is 36.4 Å². The Morgan fingerprint density at radius 3 is 2.22 bits per heavy atom. The molecule has 23 heavy (non-hydrogen) atoms. The minimum absolute atomic E-state index is 0.0265. The zero-order valence-electron chi connectivity index (χ0n) is 12.6. The maximum absolute atomic E-state index is 12.0. The van der Waals surface area contributed by atoms with Crippen LogP contribution in [0.1, 0.15) is 15.9 Å². The number of sulfone groups is 1. The smallest absolute Gasteiger partial charge is 0.248 e. The molecule has 0 saturated heterocycles. The van der Waals surface area contributed by atoms with Gasteiger partial charge in [-0.05, 0) is 36.2 Å². The number of rotatable bonds is 8. The van der Waals surface area contributed by atoms with Gasteiger partial charge in [-0.3, -0.25) is 4.79 Å². The molecule has 0 saturated carbocycles. The lowest BCUT2D eigenvalue weighted by Crippen LogP contribution is -2.18. The first-order valence-electron chi connectivity index (χ1n) is 7.23. The third kappa shape index (κ3) is 5.75. The Hall–Kier alpha value is -2.34. The van der Waals surface area contributed by atoms with Crippen molar-refractivity contribution < 1.29 is 17.9 Å². The third-order valence-electron chi connectivity index (χ3n) is 3.35. The van der Waals surface area contributed by atoms with E-state index in [0.717, 1.165) is 5.56 Å². The van der Waals surface area contributed by atoms with E-state index in [1.165, 1.54) is 0 Å².